The lowest BCUT2D eigenvalue weighted by Gasteiger charge is -2.37. The van der Waals surface area contributed by atoms with Crippen molar-refractivity contribution in [1.82, 2.24) is 4.98 Å². The molecule has 0 aliphatic heterocycles. The molecule has 4 aromatic carbocycles. The Morgan fingerprint density at radius 3 is 1.43 bits per heavy atom. The zero-order chi connectivity index (χ0) is 24.3. The zero-order valence-electron chi connectivity index (χ0n) is 20.6. The SMILES string of the molecule is CC(C)(C)c1cccc([Si](c2ccccc2)(c2ccccc2)c2ccccc2)c1-c1ccccn1. The molecule has 0 saturated carbocycles. The average Bonchev–Trinajstić information content (AvgIpc) is 2.91. The van der Waals surface area contributed by atoms with Crippen LogP contribution in [-0.2, 0) is 5.41 Å². The standard InChI is InChI=1S/C33H31NSi/c1-33(2,3)29-22-15-24-31(32(29)30-23-13-14-25-34-30)35(26-16-7-4-8-17-26,27-18-9-5-10-19-27)28-20-11-6-12-21-28/h4-25H,1-3H3. The highest BCUT2D eigenvalue weighted by Gasteiger charge is 2.44. The molecule has 1 aromatic heterocycles. The van der Waals surface area contributed by atoms with E-state index < -0.39 is 8.07 Å². The van der Waals surface area contributed by atoms with E-state index in [0.717, 1.165) is 5.69 Å². The summed E-state index contributed by atoms with van der Waals surface area (Å²) in [6.07, 6.45) is 1.91. The molecular weight excluding hydrogens is 438 g/mol. The first-order chi connectivity index (χ1) is 17.0. The second-order valence-corrected chi connectivity index (χ2v) is 13.8. The van der Waals surface area contributed by atoms with Gasteiger partial charge in [-0.1, -0.05) is 136 Å². The Morgan fingerprint density at radius 1 is 0.514 bits per heavy atom. The fourth-order valence-electron chi connectivity index (χ4n) is 5.31. The minimum absolute atomic E-state index is 0.0347. The Labute approximate surface area is 210 Å². The number of nitrogens with zero attached hydrogens (tertiary/aromatic N) is 1. The summed E-state index contributed by atoms with van der Waals surface area (Å²) in [5, 5.41) is 5.51. The third-order valence-corrected chi connectivity index (χ3v) is 11.6. The fourth-order valence-corrected chi connectivity index (χ4v) is 10.3. The third-order valence-electron chi connectivity index (χ3n) is 6.82. The molecule has 0 amide bonds. The van der Waals surface area contributed by atoms with E-state index in [9.17, 15) is 0 Å². The van der Waals surface area contributed by atoms with Crippen LogP contribution < -0.4 is 20.7 Å². The van der Waals surface area contributed by atoms with Crippen molar-refractivity contribution in [2.75, 3.05) is 0 Å². The predicted octanol–water partition coefficient (Wildman–Crippen LogP) is 5.42. The number of benzene rings is 4. The van der Waals surface area contributed by atoms with Crippen LogP contribution >= 0.6 is 0 Å². The summed E-state index contributed by atoms with van der Waals surface area (Å²) in [5.41, 5.74) is 3.59. The molecule has 0 radical (unpaired) electrons. The van der Waals surface area contributed by atoms with Crippen molar-refractivity contribution in [3.05, 3.63) is 139 Å². The van der Waals surface area contributed by atoms with Gasteiger partial charge in [-0.2, -0.15) is 0 Å². The average molecular weight is 470 g/mol. The molecule has 0 unspecified atom stereocenters. The van der Waals surface area contributed by atoms with E-state index in [1.165, 1.54) is 31.9 Å². The first-order valence-corrected chi connectivity index (χ1v) is 14.2. The van der Waals surface area contributed by atoms with Gasteiger partial charge in [0.1, 0.15) is 0 Å². The number of hydrogen-bond donors (Lipinski definition) is 0. The molecule has 0 spiro atoms. The van der Waals surface area contributed by atoms with E-state index in [-0.39, 0.29) is 5.41 Å². The van der Waals surface area contributed by atoms with Gasteiger partial charge in [-0.3, -0.25) is 4.98 Å². The fraction of sp³-hybridized carbons (Fsp3) is 0.121. The third kappa shape index (κ3) is 4.15. The summed E-state index contributed by atoms with van der Waals surface area (Å²) in [5.74, 6) is 0. The molecule has 172 valence electrons. The van der Waals surface area contributed by atoms with Crippen molar-refractivity contribution in [3.63, 3.8) is 0 Å². The summed E-state index contributed by atoms with van der Waals surface area (Å²) >= 11 is 0. The van der Waals surface area contributed by atoms with Crippen molar-refractivity contribution in [1.29, 1.82) is 0 Å². The molecule has 0 atom stereocenters. The molecule has 0 fully saturated rings. The van der Waals surface area contributed by atoms with E-state index >= 15 is 0 Å². The first kappa shape index (κ1) is 23.0. The second kappa shape index (κ2) is 9.48. The summed E-state index contributed by atoms with van der Waals surface area (Å²) in [7, 11) is -2.68. The number of pyridine rings is 1. The van der Waals surface area contributed by atoms with Crippen LogP contribution in [0.3, 0.4) is 0 Å². The minimum atomic E-state index is -2.68. The number of hydrogen-bond acceptors (Lipinski definition) is 1. The van der Waals surface area contributed by atoms with Crippen molar-refractivity contribution < 1.29 is 0 Å². The van der Waals surface area contributed by atoms with Gasteiger partial charge in [0, 0.05) is 11.8 Å². The molecule has 0 bridgehead atoms. The summed E-state index contributed by atoms with van der Waals surface area (Å²) in [6.45, 7) is 6.90. The van der Waals surface area contributed by atoms with Crippen LogP contribution in [0, 0.1) is 0 Å². The van der Waals surface area contributed by atoms with Crippen molar-refractivity contribution in [3.8, 4) is 11.3 Å². The lowest BCUT2D eigenvalue weighted by Crippen LogP contribution is -2.75. The normalized spacial score (nSPS) is 11.9. The van der Waals surface area contributed by atoms with E-state index in [0.29, 0.717) is 0 Å². The molecule has 0 N–H and O–H groups in total. The molecule has 0 aliphatic rings. The topological polar surface area (TPSA) is 12.9 Å². The maximum atomic E-state index is 4.90. The van der Waals surface area contributed by atoms with Crippen LogP contribution in [-0.4, -0.2) is 13.1 Å². The molecule has 1 nitrogen and oxygen atoms in total. The minimum Gasteiger partial charge on any atom is -0.256 e. The molecule has 2 heteroatoms. The molecular formula is C33H31NSi. The smallest absolute Gasteiger partial charge is 0.180 e. The molecule has 1 heterocycles. The van der Waals surface area contributed by atoms with Crippen LogP contribution in [0.1, 0.15) is 26.3 Å². The molecule has 0 saturated heterocycles. The molecule has 0 aliphatic carbocycles. The van der Waals surface area contributed by atoms with Crippen LogP contribution in [0.25, 0.3) is 11.3 Å². The highest BCUT2D eigenvalue weighted by atomic mass is 28.3. The lowest BCUT2D eigenvalue weighted by atomic mass is 9.83. The Balaban J connectivity index is 2.01. The monoisotopic (exact) mass is 469 g/mol. The quantitative estimate of drug-likeness (QED) is 0.247. The summed E-state index contributed by atoms with van der Waals surface area (Å²) < 4.78 is 0. The van der Waals surface area contributed by atoms with Gasteiger partial charge >= 0.3 is 0 Å². The highest BCUT2D eigenvalue weighted by molar-refractivity contribution is 7.20. The van der Waals surface area contributed by atoms with Crippen LogP contribution in [0.2, 0.25) is 0 Å². The van der Waals surface area contributed by atoms with Crippen molar-refractivity contribution in [2.24, 2.45) is 0 Å². The maximum Gasteiger partial charge on any atom is 0.180 e. The molecule has 5 aromatic rings. The van der Waals surface area contributed by atoms with Crippen molar-refractivity contribution >= 4 is 28.8 Å². The maximum absolute atomic E-state index is 4.90. The van der Waals surface area contributed by atoms with Gasteiger partial charge in [0.15, 0.2) is 8.07 Å². The number of rotatable bonds is 5. The molecule has 5 rings (SSSR count). The van der Waals surface area contributed by atoms with Crippen LogP contribution in [0.15, 0.2) is 134 Å². The van der Waals surface area contributed by atoms with Crippen molar-refractivity contribution in [2.45, 2.75) is 26.2 Å². The van der Waals surface area contributed by atoms with Gasteiger partial charge in [0.25, 0.3) is 0 Å². The second-order valence-electron chi connectivity index (χ2n) is 10.0. The van der Waals surface area contributed by atoms with Crippen LogP contribution in [0.4, 0.5) is 0 Å². The van der Waals surface area contributed by atoms with E-state index in [4.69, 9.17) is 4.98 Å². The summed E-state index contributed by atoms with van der Waals surface area (Å²) in [6, 6.07) is 46.5. The van der Waals surface area contributed by atoms with Gasteiger partial charge in [-0.25, -0.2) is 0 Å². The predicted molar refractivity (Wildman–Crippen MR) is 152 cm³/mol. The van der Waals surface area contributed by atoms with E-state index in [1.807, 2.05) is 12.3 Å². The Bertz CT molecular complexity index is 1290. The molecule has 35 heavy (non-hydrogen) atoms. The zero-order valence-corrected chi connectivity index (χ0v) is 21.6. The highest BCUT2D eigenvalue weighted by Crippen LogP contribution is 2.32. The van der Waals surface area contributed by atoms with Gasteiger partial charge in [-0.05, 0) is 43.9 Å². The first-order valence-electron chi connectivity index (χ1n) is 12.2. The van der Waals surface area contributed by atoms with E-state index in [1.54, 1.807) is 0 Å². The Hall–Kier alpha value is -3.75. The number of aromatic nitrogens is 1. The van der Waals surface area contributed by atoms with Crippen LogP contribution in [0.5, 0.6) is 0 Å². The summed E-state index contributed by atoms with van der Waals surface area (Å²) in [4.78, 5) is 4.90. The largest absolute Gasteiger partial charge is 0.256 e. The Kier molecular flexibility index (Phi) is 6.23. The Morgan fingerprint density at radius 2 is 1.00 bits per heavy atom. The van der Waals surface area contributed by atoms with Gasteiger partial charge in [0.05, 0.1) is 5.69 Å². The van der Waals surface area contributed by atoms with Gasteiger partial charge in [-0.15, -0.1) is 0 Å². The van der Waals surface area contributed by atoms with Gasteiger partial charge < -0.3 is 0 Å². The van der Waals surface area contributed by atoms with Gasteiger partial charge in [0.2, 0.25) is 0 Å². The van der Waals surface area contributed by atoms with E-state index in [2.05, 4.69) is 142 Å². The lowest BCUT2D eigenvalue weighted by molar-refractivity contribution is 0.592.